The van der Waals surface area contributed by atoms with Crippen LogP contribution in [0.2, 0.25) is 0 Å². The number of hydrogen-bond acceptors (Lipinski definition) is 3. The minimum Gasteiger partial charge on any atom is -0.247 e. The second kappa shape index (κ2) is 8.64. The molecule has 0 aliphatic heterocycles. The van der Waals surface area contributed by atoms with Gasteiger partial charge in [0.25, 0.3) is 0 Å². The molecule has 0 amide bonds. The molecule has 0 aromatic carbocycles. The Morgan fingerprint density at radius 2 is 0.952 bits per heavy atom. The van der Waals surface area contributed by atoms with Crippen LogP contribution in [0.1, 0.15) is 63.3 Å². The molecule has 120 valence electrons. The van der Waals surface area contributed by atoms with E-state index in [0.717, 1.165) is 13.7 Å². The predicted molar refractivity (Wildman–Crippen MR) is 83.9 cm³/mol. The van der Waals surface area contributed by atoms with Crippen molar-refractivity contribution in [1.82, 2.24) is 13.7 Å². The van der Waals surface area contributed by atoms with Gasteiger partial charge in [-0.15, -0.1) is 0 Å². The van der Waals surface area contributed by atoms with Gasteiger partial charge in [-0.3, -0.25) is 0 Å². The Morgan fingerprint density at radius 1 is 0.667 bits per heavy atom. The van der Waals surface area contributed by atoms with Crippen LogP contribution in [0.25, 0.3) is 0 Å². The van der Waals surface area contributed by atoms with Crippen molar-refractivity contribution in [2.75, 3.05) is 0 Å². The summed E-state index contributed by atoms with van der Waals surface area (Å²) in [6.45, 7) is 1.30. The third kappa shape index (κ3) is 4.19. The van der Waals surface area contributed by atoms with E-state index >= 15 is 0 Å². The fourth-order valence-corrected chi connectivity index (χ4v) is 2.07. The maximum atomic E-state index is 12.5. The van der Waals surface area contributed by atoms with Crippen LogP contribution in [-0.4, -0.2) is 13.7 Å². The maximum Gasteiger partial charge on any atom is 0.336 e. The number of rotatable bonds is 9. The van der Waals surface area contributed by atoms with Gasteiger partial charge in [-0.1, -0.05) is 40.0 Å². The molecule has 1 rings (SSSR count). The van der Waals surface area contributed by atoms with E-state index in [-0.39, 0.29) is 40.3 Å². The first-order chi connectivity index (χ1) is 11.6. The fraction of sp³-hybridized carbons (Fsp3) is 0.800. The number of unbranched alkanes of at least 4 members (excludes halogenated alkanes) is 3. The third-order valence-electron chi connectivity index (χ3n) is 3.28. The summed E-state index contributed by atoms with van der Waals surface area (Å²) in [6.07, 6.45) is 3.37. The standard InChI is InChI=1S/C15H27N3O3/c1-4-7-10-16-13(19)17(11-8-5-2)15(21)18(14(16)20)12-9-6-3/h4-12H2,1-3H3/i1T,2T,3T. The third-order valence-corrected chi connectivity index (χ3v) is 3.28. The molecule has 0 atom stereocenters. The lowest BCUT2D eigenvalue weighted by Gasteiger charge is -2.13. The highest BCUT2D eigenvalue weighted by atomic mass is 16.2. The Bertz CT molecular complexity index is 546. The Balaban J connectivity index is 3.22. The summed E-state index contributed by atoms with van der Waals surface area (Å²) >= 11 is 0. The quantitative estimate of drug-likeness (QED) is 0.650. The first-order valence-corrected chi connectivity index (χ1v) is 7.40. The van der Waals surface area contributed by atoms with Gasteiger partial charge in [0.1, 0.15) is 0 Å². The van der Waals surface area contributed by atoms with Crippen LogP contribution in [0.5, 0.6) is 0 Å². The Morgan fingerprint density at radius 3 is 1.19 bits per heavy atom. The fourth-order valence-electron chi connectivity index (χ4n) is 2.07. The van der Waals surface area contributed by atoms with Crippen LogP contribution < -0.4 is 17.1 Å². The smallest absolute Gasteiger partial charge is 0.247 e. The molecule has 0 spiro atoms. The van der Waals surface area contributed by atoms with Crippen LogP contribution in [0.15, 0.2) is 14.4 Å². The summed E-state index contributed by atoms with van der Waals surface area (Å²) in [5, 5.41) is 0. The summed E-state index contributed by atoms with van der Waals surface area (Å²) in [6, 6.07) is 0. The molecule has 0 saturated heterocycles. The molecule has 21 heavy (non-hydrogen) atoms. The van der Waals surface area contributed by atoms with Crippen LogP contribution in [0.4, 0.5) is 0 Å². The van der Waals surface area contributed by atoms with Crippen molar-refractivity contribution in [1.29, 1.82) is 0 Å². The molecule has 0 aliphatic rings. The molecule has 0 aliphatic carbocycles. The zero-order valence-corrected chi connectivity index (χ0v) is 12.6. The molecule has 6 nitrogen and oxygen atoms in total. The van der Waals surface area contributed by atoms with Crippen LogP contribution >= 0.6 is 0 Å². The van der Waals surface area contributed by atoms with Crippen LogP contribution in [0.3, 0.4) is 0 Å². The van der Waals surface area contributed by atoms with Crippen molar-refractivity contribution >= 4 is 0 Å². The number of nitrogens with zero attached hydrogens (tertiary/aromatic N) is 3. The van der Waals surface area contributed by atoms with Gasteiger partial charge in [0.05, 0.1) is 0 Å². The van der Waals surface area contributed by atoms with Gasteiger partial charge in [-0.05, 0) is 19.3 Å². The lowest BCUT2D eigenvalue weighted by atomic mass is 10.3. The van der Waals surface area contributed by atoms with Gasteiger partial charge in [-0.2, -0.15) is 0 Å². The highest BCUT2D eigenvalue weighted by Crippen LogP contribution is 1.92. The van der Waals surface area contributed by atoms with Crippen molar-refractivity contribution in [3.63, 3.8) is 0 Å². The van der Waals surface area contributed by atoms with Gasteiger partial charge in [0.15, 0.2) is 0 Å². The summed E-state index contributed by atoms with van der Waals surface area (Å²) in [5.74, 6) is 0. The van der Waals surface area contributed by atoms with E-state index in [1.54, 1.807) is 0 Å². The van der Waals surface area contributed by atoms with E-state index in [1.165, 1.54) is 0 Å². The first-order valence-electron chi connectivity index (χ1n) is 9.52. The second-order valence-corrected chi connectivity index (χ2v) is 4.92. The largest absolute Gasteiger partial charge is 0.336 e. The monoisotopic (exact) mass is 303 g/mol. The predicted octanol–water partition coefficient (Wildman–Crippen LogP) is 1.57. The number of aromatic nitrogens is 3. The molecule has 0 bridgehead atoms. The molecule has 1 aromatic rings. The maximum absolute atomic E-state index is 12.5. The van der Waals surface area contributed by atoms with Crippen molar-refractivity contribution in [2.24, 2.45) is 0 Å². The molecule has 6 heteroatoms. The van der Waals surface area contributed by atoms with Crippen LogP contribution in [0, 0.1) is 0 Å². The zero-order chi connectivity index (χ0) is 17.9. The minimum atomic E-state index is -0.600. The van der Waals surface area contributed by atoms with Gasteiger partial charge in [0.2, 0.25) is 0 Å². The van der Waals surface area contributed by atoms with E-state index in [2.05, 4.69) is 0 Å². The lowest BCUT2D eigenvalue weighted by Crippen LogP contribution is -2.54. The summed E-state index contributed by atoms with van der Waals surface area (Å²) in [7, 11) is 0. The molecule has 0 radical (unpaired) electrons. The minimum absolute atomic E-state index is 0.202. The topological polar surface area (TPSA) is 66.0 Å². The Hall–Kier alpha value is -1.59. The summed E-state index contributed by atoms with van der Waals surface area (Å²) in [5.41, 5.74) is -1.80. The summed E-state index contributed by atoms with van der Waals surface area (Å²) < 4.78 is 24.7. The normalized spacial score (nSPS) is 12.9. The van der Waals surface area contributed by atoms with E-state index < -0.39 is 17.1 Å². The van der Waals surface area contributed by atoms with E-state index in [0.29, 0.717) is 38.5 Å². The highest BCUT2D eigenvalue weighted by Gasteiger charge is 2.14. The van der Waals surface area contributed by atoms with Gasteiger partial charge >= 0.3 is 17.1 Å². The zero-order valence-electron chi connectivity index (χ0n) is 15.6. The van der Waals surface area contributed by atoms with Crippen molar-refractivity contribution in [2.45, 2.75) is 78.9 Å². The van der Waals surface area contributed by atoms with E-state index in [1.807, 2.05) is 0 Å². The first kappa shape index (κ1) is 13.1. The highest BCUT2D eigenvalue weighted by molar-refractivity contribution is 4.79. The molecular weight excluding hydrogens is 270 g/mol. The van der Waals surface area contributed by atoms with Crippen LogP contribution in [-0.2, 0) is 19.6 Å². The Kier molecular flexibility index (Phi) is 5.39. The second-order valence-electron chi connectivity index (χ2n) is 4.92. The SMILES string of the molecule is [3H]CCCCn1c(=O)n(CCCC[3H])c(=O)n(CCCC[3H])c1=O. The molecule has 1 aromatic heterocycles. The van der Waals surface area contributed by atoms with Crippen molar-refractivity contribution in [3.05, 3.63) is 31.5 Å². The van der Waals surface area contributed by atoms with Gasteiger partial charge < -0.3 is 0 Å². The molecule has 0 N–H and O–H groups in total. The van der Waals surface area contributed by atoms with E-state index in [9.17, 15) is 14.4 Å². The van der Waals surface area contributed by atoms with Crippen molar-refractivity contribution < 1.29 is 4.11 Å². The molecule has 0 fully saturated rings. The lowest BCUT2D eigenvalue weighted by molar-refractivity contribution is 0.424. The average Bonchev–Trinajstić information content (AvgIpc) is 2.57. The van der Waals surface area contributed by atoms with Crippen molar-refractivity contribution in [3.8, 4) is 0 Å². The molecule has 1 heterocycles. The molecule has 0 unspecified atom stereocenters. The Labute approximate surface area is 129 Å². The average molecular weight is 303 g/mol. The molecular formula is C15H27N3O3. The van der Waals surface area contributed by atoms with Gasteiger partial charge in [0, 0.05) is 23.7 Å². The van der Waals surface area contributed by atoms with Gasteiger partial charge in [-0.25, -0.2) is 28.1 Å². The molecule has 0 saturated carbocycles. The number of hydrogen-bond donors (Lipinski definition) is 0. The summed E-state index contributed by atoms with van der Waals surface area (Å²) in [4.78, 5) is 37.4. The van der Waals surface area contributed by atoms with E-state index in [4.69, 9.17) is 4.11 Å².